The van der Waals surface area contributed by atoms with Crippen molar-refractivity contribution in [3.05, 3.63) is 64.7 Å². The Morgan fingerprint density at radius 1 is 1.00 bits per heavy atom. The Balaban J connectivity index is 2.11. The molecule has 0 saturated carbocycles. The molecule has 0 amide bonds. The minimum Gasteiger partial charge on any atom is -0.318 e. The largest absolute Gasteiger partial charge is 0.318 e. The molecule has 2 aromatic carbocycles. The molecule has 1 heterocycles. The highest BCUT2D eigenvalue weighted by Gasteiger charge is 2.23. The number of nitrogen functional groups attached to an aromatic ring is 1. The maximum Gasteiger partial charge on any atom is 0.269 e. The number of amidine groups is 2. The molecule has 19 heavy (non-hydrogen) atoms. The summed E-state index contributed by atoms with van der Waals surface area (Å²) in [6.07, 6.45) is 0. The summed E-state index contributed by atoms with van der Waals surface area (Å²) in [4.78, 5) is 7.85. The summed E-state index contributed by atoms with van der Waals surface area (Å²) in [5.74, 6) is 1.49. The second kappa shape index (κ2) is 4.35. The highest BCUT2D eigenvalue weighted by Crippen LogP contribution is 2.21. The Morgan fingerprint density at radius 3 is 2.47 bits per heavy atom. The van der Waals surface area contributed by atoms with Crippen LogP contribution in [0.15, 0.2) is 47.5 Å². The molecule has 94 valence electrons. The number of aryl methyl sites for hydroxylation is 2. The Labute approximate surface area is 112 Å². The van der Waals surface area contributed by atoms with Gasteiger partial charge in [-0.15, -0.1) is 4.99 Å². The van der Waals surface area contributed by atoms with Crippen molar-refractivity contribution in [1.82, 2.24) is 0 Å². The fourth-order valence-electron chi connectivity index (χ4n) is 2.33. The first-order chi connectivity index (χ1) is 9.15. The summed E-state index contributed by atoms with van der Waals surface area (Å²) in [5, 5.41) is 0. The van der Waals surface area contributed by atoms with E-state index in [9.17, 15) is 0 Å². The zero-order valence-electron chi connectivity index (χ0n) is 11.1. The van der Waals surface area contributed by atoms with Crippen molar-refractivity contribution >= 4 is 17.4 Å². The first-order valence-electron chi connectivity index (χ1n) is 6.30. The van der Waals surface area contributed by atoms with Gasteiger partial charge >= 0.3 is 0 Å². The number of nitrogens with two attached hydrogens (primary N) is 1. The van der Waals surface area contributed by atoms with Gasteiger partial charge in [0.05, 0.1) is 11.1 Å². The lowest BCUT2D eigenvalue weighted by molar-refractivity contribution is -0.311. The Bertz CT molecular complexity index is 712. The van der Waals surface area contributed by atoms with Gasteiger partial charge in [-0.1, -0.05) is 29.8 Å². The van der Waals surface area contributed by atoms with Gasteiger partial charge in [-0.3, -0.25) is 0 Å². The molecule has 0 spiro atoms. The fraction of sp³-hybridized carbons (Fsp3) is 0.125. The Morgan fingerprint density at radius 2 is 1.74 bits per heavy atom. The number of fused-ring (bicyclic) bond motifs is 1. The van der Waals surface area contributed by atoms with Crippen LogP contribution in [0.2, 0.25) is 0 Å². The third-order valence-corrected chi connectivity index (χ3v) is 3.31. The van der Waals surface area contributed by atoms with E-state index in [2.05, 4.69) is 31.0 Å². The molecule has 0 saturated heterocycles. The molecule has 1 aliphatic heterocycles. The third kappa shape index (κ3) is 2.03. The number of aliphatic imine (C=N–C) groups is 1. The Kier molecular flexibility index (Phi) is 2.67. The van der Waals surface area contributed by atoms with Crippen LogP contribution in [0.5, 0.6) is 0 Å². The number of hydrogen-bond acceptors (Lipinski definition) is 2. The van der Waals surface area contributed by atoms with Gasteiger partial charge in [-0.05, 0) is 37.6 Å². The molecule has 3 nitrogen and oxygen atoms in total. The molecular formula is C16H16N3+. The van der Waals surface area contributed by atoms with E-state index in [1.165, 1.54) is 5.56 Å². The van der Waals surface area contributed by atoms with Crippen molar-refractivity contribution < 1.29 is 4.99 Å². The number of nitrogens with zero attached hydrogens (tertiary/aromatic N) is 1. The molecular weight excluding hydrogens is 234 g/mol. The van der Waals surface area contributed by atoms with Crippen LogP contribution in [0.4, 0.5) is 5.69 Å². The fourth-order valence-corrected chi connectivity index (χ4v) is 2.33. The van der Waals surface area contributed by atoms with Gasteiger partial charge in [0, 0.05) is 0 Å². The van der Waals surface area contributed by atoms with Crippen LogP contribution in [-0.2, 0) is 0 Å². The van der Waals surface area contributed by atoms with E-state index in [-0.39, 0.29) is 0 Å². The number of rotatable bonds is 1. The molecule has 0 aliphatic carbocycles. The molecule has 0 unspecified atom stereocenters. The summed E-state index contributed by atoms with van der Waals surface area (Å²) in [6.45, 7) is 4.15. The van der Waals surface area contributed by atoms with E-state index < -0.39 is 0 Å². The van der Waals surface area contributed by atoms with Crippen molar-refractivity contribution in [1.29, 1.82) is 0 Å². The lowest BCUT2D eigenvalue weighted by Gasteiger charge is -1.99. The number of hydrogen-bond donors (Lipinski definition) is 2. The zero-order chi connectivity index (χ0) is 13.4. The highest BCUT2D eigenvalue weighted by atomic mass is 15.0. The van der Waals surface area contributed by atoms with Crippen molar-refractivity contribution in [3.8, 4) is 0 Å². The van der Waals surface area contributed by atoms with Crippen LogP contribution in [0.1, 0.15) is 22.3 Å². The summed E-state index contributed by atoms with van der Waals surface area (Å²) < 4.78 is 0. The van der Waals surface area contributed by atoms with Crippen LogP contribution in [0, 0.1) is 13.8 Å². The van der Waals surface area contributed by atoms with Gasteiger partial charge in [0.2, 0.25) is 5.84 Å². The monoisotopic (exact) mass is 250 g/mol. The SMILES string of the molecule is Cc1ccc(N=C2[NH+]=C(N)c3ccccc32)c(C)c1. The molecule has 0 atom stereocenters. The zero-order valence-corrected chi connectivity index (χ0v) is 11.1. The molecule has 0 radical (unpaired) electrons. The molecule has 2 aromatic rings. The summed E-state index contributed by atoms with van der Waals surface area (Å²) >= 11 is 0. The standard InChI is InChI=1S/C16H15N3/c1-10-7-8-14(11(2)9-10)18-16-13-6-4-3-5-12(13)15(17)19-16/h3-9H,1-2H3,(H2,17,18,19)/p+1. The van der Waals surface area contributed by atoms with Crippen molar-refractivity contribution in [2.24, 2.45) is 10.7 Å². The highest BCUT2D eigenvalue weighted by molar-refractivity contribution is 6.12. The van der Waals surface area contributed by atoms with E-state index in [4.69, 9.17) is 10.7 Å². The molecule has 0 fully saturated rings. The average molecular weight is 250 g/mol. The predicted molar refractivity (Wildman–Crippen MR) is 77.8 cm³/mol. The maximum absolute atomic E-state index is 5.98. The van der Waals surface area contributed by atoms with Crippen LogP contribution in [0.25, 0.3) is 0 Å². The van der Waals surface area contributed by atoms with E-state index >= 15 is 0 Å². The van der Waals surface area contributed by atoms with E-state index in [0.29, 0.717) is 5.84 Å². The topological polar surface area (TPSA) is 52.3 Å². The van der Waals surface area contributed by atoms with Crippen LogP contribution < -0.4 is 10.7 Å². The molecule has 3 rings (SSSR count). The molecule has 0 aromatic heterocycles. The summed E-state index contributed by atoms with van der Waals surface area (Å²) in [6, 6.07) is 14.3. The van der Waals surface area contributed by atoms with Crippen LogP contribution in [-0.4, -0.2) is 11.7 Å². The van der Waals surface area contributed by atoms with Crippen LogP contribution >= 0.6 is 0 Å². The van der Waals surface area contributed by atoms with Gasteiger partial charge in [-0.25, -0.2) is 4.99 Å². The molecule has 0 bridgehead atoms. The van der Waals surface area contributed by atoms with E-state index in [1.807, 2.05) is 30.3 Å². The minimum atomic E-state index is 0.666. The molecule has 1 aliphatic rings. The Hall–Kier alpha value is -2.42. The van der Waals surface area contributed by atoms with Crippen molar-refractivity contribution in [3.63, 3.8) is 0 Å². The summed E-state index contributed by atoms with van der Waals surface area (Å²) in [7, 11) is 0. The molecule has 3 heteroatoms. The van der Waals surface area contributed by atoms with Crippen molar-refractivity contribution in [2.75, 3.05) is 0 Å². The van der Waals surface area contributed by atoms with E-state index in [0.717, 1.165) is 28.2 Å². The second-order valence-electron chi connectivity index (χ2n) is 4.83. The van der Waals surface area contributed by atoms with Gasteiger partial charge in [0.15, 0.2) is 0 Å². The van der Waals surface area contributed by atoms with Crippen LogP contribution in [0.3, 0.4) is 0 Å². The van der Waals surface area contributed by atoms with Gasteiger partial charge in [0.1, 0.15) is 5.69 Å². The normalized spacial score (nSPS) is 15.5. The third-order valence-electron chi connectivity index (χ3n) is 3.31. The smallest absolute Gasteiger partial charge is 0.269 e. The predicted octanol–water partition coefficient (Wildman–Crippen LogP) is 1.18. The lowest BCUT2D eigenvalue weighted by atomic mass is 10.1. The number of nitrogens with one attached hydrogen (secondary N) is 1. The van der Waals surface area contributed by atoms with Crippen molar-refractivity contribution in [2.45, 2.75) is 13.8 Å². The summed E-state index contributed by atoms with van der Waals surface area (Å²) in [5.41, 5.74) is 11.4. The van der Waals surface area contributed by atoms with Gasteiger partial charge < -0.3 is 5.73 Å². The maximum atomic E-state index is 5.98. The molecule has 3 N–H and O–H groups in total. The number of benzene rings is 2. The average Bonchev–Trinajstić information content (AvgIpc) is 2.71. The lowest BCUT2D eigenvalue weighted by Crippen LogP contribution is -2.76. The van der Waals surface area contributed by atoms with E-state index in [1.54, 1.807) is 0 Å². The quantitative estimate of drug-likeness (QED) is 0.784. The van der Waals surface area contributed by atoms with Gasteiger partial charge in [-0.2, -0.15) is 0 Å². The first-order valence-corrected chi connectivity index (χ1v) is 6.30. The minimum absolute atomic E-state index is 0.666. The first kappa shape index (κ1) is 11.7. The second-order valence-corrected chi connectivity index (χ2v) is 4.83. The van der Waals surface area contributed by atoms with Gasteiger partial charge in [0.25, 0.3) is 5.84 Å².